The van der Waals surface area contributed by atoms with Crippen molar-refractivity contribution in [3.8, 4) is 5.75 Å². The number of hydrogen-bond acceptors (Lipinski definition) is 4. The van der Waals surface area contributed by atoms with Crippen LogP contribution in [0.15, 0.2) is 42.5 Å². The quantitative estimate of drug-likeness (QED) is 0.562. The summed E-state index contributed by atoms with van der Waals surface area (Å²) in [7, 11) is 0. The van der Waals surface area contributed by atoms with E-state index >= 15 is 0 Å². The van der Waals surface area contributed by atoms with Crippen molar-refractivity contribution < 1.29 is 19.1 Å². The maximum absolute atomic E-state index is 13.0. The molecular formula is C22H24N2O4. The van der Waals surface area contributed by atoms with Gasteiger partial charge in [-0.15, -0.1) is 0 Å². The van der Waals surface area contributed by atoms with Crippen LogP contribution in [0.5, 0.6) is 5.75 Å². The largest absolute Gasteiger partial charge is 0.494 e. The molecule has 1 unspecified atom stereocenters. The molecule has 28 heavy (non-hydrogen) atoms. The summed E-state index contributed by atoms with van der Waals surface area (Å²) in [4.78, 5) is 40.3. The zero-order valence-electron chi connectivity index (χ0n) is 16.6. The van der Waals surface area contributed by atoms with Crippen LogP contribution in [0.1, 0.15) is 42.3 Å². The number of aryl methyl sites for hydroxylation is 1. The van der Waals surface area contributed by atoms with Crippen molar-refractivity contribution in [3.05, 3.63) is 59.2 Å². The molecule has 146 valence electrons. The molecule has 0 N–H and O–H groups in total. The third kappa shape index (κ3) is 3.63. The highest BCUT2D eigenvalue weighted by molar-refractivity contribution is 6.14. The van der Waals surface area contributed by atoms with Crippen molar-refractivity contribution in [1.29, 1.82) is 0 Å². The molecule has 0 spiro atoms. The first-order valence-electron chi connectivity index (χ1n) is 9.31. The Kier molecular flexibility index (Phi) is 5.49. The molecule has 1 saturated heterocycles. The van der Waals surface area contributed by atoms with E-state index in [2.05, 4.69) is 0 Å². The fourth-order valence-electron chi connectivity index (χ4n) is 3.30. The number of benzene rings is 2. The standard InChI is InChI=1S/C22H24N2O4/c1-5-28-20-11-8-17(16(4)25)12-18(20)13-23-21(26)15(3)24(22(23)27)19-9-6-14(2)7-10-19/h6-12,15H,5,13H2,1-4H3. The van der Waals surface area contributed by atoms with E-state index < -0.39 is 6.04 Å². The molecule has 1 heterocycles. The van der Waals surface area contributed by atoms with Crippen LogP contribution in [0.3, 0.4) is 0 Å². The van der Waals surface area contributed by atoms with Gasteiger partial charge in [0.25, 0.3) is 5.91 Å². The number of ketones is 1. The maximum Gasteiger partial charge on any atom is 0.332 e. The molecule has 6 nitrogen and oxygen atoms in total. The van der Waals surface area contributed by atoms with Gasteiger partial charge in [0.15, 0.2) is 5.78 Å². The highest BCUT2D eigenvalue weighted by Gasteiger charge is 2.43. The van der Waals surface area contributed by atoms with Crippen molar-refractivity contribution in [3.63, 3.8) is 0 Å². The number of Topliss-reactive ketones (excluding diaryl/α,β-unsaturated/α-hetero) is 1. The molecule has 2 aromatic rings. The molecule has 1 aliphatic heterocycles. The van der Waals surface area contributed by atoms with Gasteiger partial charge in [-0.05, 0) is 58.0 Å². The van der Waals surface area contributed by atoms with Crippen LogP contribution in [-0.2, 0) is 11.3 Å². The van der Waals surface area contributed by atoms with E-state index in [0.29, 0.717) is 29.2 Å². The first-order valence-corrected chi connectivity index (χ1v) is 9.31. The lowest BCUT2D eigenvalue weighted by atomic mass is 10.1. The van der Waals surface area contributed by atoms with E-state index in [4.69, 9.17) is 4.74 Å². The van der Waals surface area contributed by atoms with E-state index in [-0.39, 0.29) is 24.3 Å². The molecule has 1 aliphatic rings. The van der Waals surface area contributed by atoms with Gasteiger partial charge < -0.3 is 4.74 Å². The third-order valence-corrected chi connectivity index (χ3v) is 4.86. The molecule has 6 heteroatoms. The Morgan fingerprint density at radius 2 is 1.79 bits per heavy atom. The molecule has 2 aromatic carbocycles. The summed E-state index contributed by atoms with van der Waals surface area (Å²) < 4.78 is 5.63. The number of carbonyl (C=O) groups excluding carboxylic acids is 3. The number of urea groups is 1. The molecule has 0 radical (unpaired) electrons. The summed E-state index contributed by atoms with van der Waals surface area (Å²) in [5.41, 5.74) is 2.91. The molecule has 0 aromatic heterocycles. The zero-order valence-corrected chi connectivity index (χ0v) is 16.6. The Balaban J connectivity index is 1.93. The average Bonchev–Trinajstić information content (AvgIpc) is 2.87. The third-order valence-electron chi connectivity index (χ3n) is 4.86. The Bertz CT molecular complexity index is 921. The molecule has 3 amide bonds. The number of carbonyl (C=O) groups is 3. The summed E-state index contributed by atoms with van der Waals surface area (Å²) in [6.45, 7) is 7.52. The van der Waals surface area contributed by atoms with Crippen molar-refractivity contribution in [1.82, 2.24) is 4.90 Å². The van der Waals surface area contributed by atoms with Crippen molar-refractivity contribution in [2.75, 3.05) is 11.5 Å². The highest BCUT2D eigenvalue weighted by atomic mass is 16.5. The Morgan fingerprint density at radius 3 is 2.39 bits per heavy atom. The topological polar surface area (TPSA) is 66.9 Å². The Morgan fingerprint density at radius 1 is 1.11 bits per heavy atom. The summed E-state index contributed by atoms with van der Waals surface area (Å²) in [5.74, 6) is 0.203. The van der Waals surface area contributed by atoms with Crippen LogP contribution in [0.2, 0.25) is 0 Å². The SMILES string of the molecule is CCOc1ccc(C(C)=O)cc1CN1C(=O)C(C)N(c2ccc(C)cc2)C1=O. The molecule has 0 saturated carbocycles. The molecule has 1 atom stereocenters. The Labute approximate surface area is 164 Å². The number of hydrogen-bond donors (Lipinski definition) is 0. The van der Waals surface area contributed by atoms with E-state index in [1.807, 2.05) is 38.1 Å². The molecule has 0 aliphatic carbocycles. The van der Waals surface area contributed by atoms with E-state index in [9.17, 15) is 14.4 Å². The predicted octanol–water partition coefficient (Wildman–Crippen LogP) is 3.95. The van der Waals surface area contributed by atoms with Gasteiger partial charge in [0.05, 0.1) is 13.2 Å². The minimum atomic E-state index is -0.596. The summed E-state index contributed by atoms with van der Waals surface area (Å²) in [5, 5.41) is 0. The second kappa shape index (κ2) is 7.84. The van der Waals surface area contributed by atoms with Gasteiger partial charge in [-0.1, -0.05) is 17.7 Å². The molecular weight excluding hydrogens is 356 g/mol. The van der Waals surface area contributed by atoms with Crippen LogP contribution in [0.4, 0.5) is 10.5 Å². The number of amides is 3. The summed E-state index contributed by atoms with van der Waals surface area (Å²) in [6.07, 6.45) is 0. The number of nitrogens with zero attached hydrogens (tertiary/aromatic N) is 2. The Hall–Kier alpha value is -3.15. The minimum absolute atomic E-state index is 0.0564. The van der Waals surface area contributed by atoms with Gasteiger partial charge in [0.2, 0.25) is 0 Å². The molecule has 3 rings (SSSR count). The van der Waals surface area contributed by atoms with Crippen LogP contribution >= 0.6 is 0 Å². The van der Waals surface area contributed by atoms with Gasteiger partial charge in [-0.2, -0.15) is 0 Å². The maximum atomic E-state index is 13.0. The van der Waals surface area contributed by atoms with Crippen LogP contribution in [0, 0.1) is 6.92 Å². The van der Waals surface area contributed by atoms with Crippen molar-refractivity contribution >= 4 is 23.4 Å². The predicted molar refractivity (Wildman–Crippen MR) is 107 cm³/mol. The van der Waals surface area contributed by atoms with Crippen molar-refractivity contribution in [2.24, 2.45) is 0 Å². The van der Waals surface area contributed by atoms with E-state index in [0.717, 1.165) is 5.56 Å². The summed E-state index contributed by atoms with van der Waals surface area (Å²) in [6, 6.07) is 11.6. The van der Waals surface area contributed by atoms with Crippen molar-refractivity contribution in [2.45, 2.75) is 40.3 Å². The van der Waals surface area contributed by atoms with E-state index in [1.165, 1.54) is 16.7 Å². The van der Waals surface area contributed by atoms with Gasteiger partial charge >= 0.3 is 6.03 Å². The van der Waals surface area contributed by atoms with Gasteiger partial charge in [0, 0.05) is 16.8 Å². The lowest BCUT2D eigenvalue weighted by Gasteiger charge is -2.20. The molecule has 1 fully saturated rings. The fraction of sp³-hybridized carbons (Fsp3) is 0.318. The van der Waals surface area contributed by atoms with Crippen LogP contribution in [0.25, 0.3) is 0 Å². The van der Waals surface area contributed by atoms with Crippen LogP contribution in [-0.4, -0.2) is 35.3 Å². The smallest absolute Gasteiger partial charge is 0.332 e. The fourth-order valence-corrected chi connectivity index (χ4v) is 3.30. The minimum Gasteiger partial charge on any atom is -0.494 e. The number of anilines is 1. The first-order chi connectivity index (χ1) is 13.3. The number of rotatable bonds is 6. The number of ether oxygens (including phenoxy) is 1. The van der Waals surface area contributed by atoms with Gasteiger partial charge in [-0.25, -0.2) is 4.79 Å². The highest BCUT2D eigenvalue weighted by Crippen LogP contribution is 2.29. The second-order valence-electron chi connectivity index (χ2n) is 6.90. The first kappa shape index (κ1) is 19.6. The summed E-state index contributed by atoms with van der Waals surface area (Å²) >= 11 is 0. The lowest BCUT2D eigenvalue weighted by Crippen LogP contribution is -2.33. The van der Waals surface area contributed by atoms with E-state index in [1.54, 1.807) is 25.1 Å². The monoisotopic (exact) mass is 380 g/mol. The van der Waals surface area contributed by atoms with Gasteiger partial charge in [-0.3, -0.25) is 19.4 Å². The number of imide groups is 1. The van der Waals surface area contributed by atoms with Gasteiger partial charge in [0.1, 0.15) is 11.8 Å². The zero-order chi connectivity index (χ0) is 20.4. The molecule has 0 bridgehead atoms. The normalized spacial score (nSPS) is 16.6. The lowest BCUT2D eigenvalue weighted by molar-refractivity contribution is -0.127. The second-order valence-corrected chi connectivity index (χ2v) is 6.90. The average molecular weight is 380 g/mol. The van der Waals surface area contributed by atoms with Crippen LogP contribution < -0.4 is 9.64 Å².